The van der Waals surface area contributed by atoms with E-state index in [1.54, 1.807) is 19.2 Å². The summed E-state index contributed by atoms with van der Waals surface area (Å²) in [5, 5.41) is 1.01. The third-order valence-corrected chi connectivity index (χ3v) is 4.07. The summed E-state index contributed by atoms with van der Waals surface area (Å²) >= 11 is 15.3. The van der Waals surface area contributed by atoms with E-state index >= 15 is 0 Å². The normalized spacial score (nSPS) is 12.3. The molecule has 1 atom stereocenters. The highest BCUT2D eigenvalue weighted by Gasteiger charge is 2.15. The highest BCUT2D eigenvalue weighted by atomic mass is 79.9. The largest absolute Gasteiger partial charge is 0.496 e. The van der Waals surface area contributed by atoms with Crippen LogP contribution in [0.5, 0.6) is 5.75 Å². The molecule has 0 aliphatic heterocycles. The van der Waals surface area contributed by atoms with Crippen molar-refractivity contribution in [2.75, 3.05) is 7.11 Å². The predicted molar refractivity (Wildman–Crippen MR) is 83.2 cm³/mol. The number of methoxy groups -OCH3 is 1. The first-order chi connectivity index (χ1) is 9.02. The van der Waals surface area contributed by atoms with Gasteiger partial charge in [-0.05, 0) is 29.8 Å². The fraction of sp³-hybridized carbons (Fsp3) is 0.143. The van der Waals surface area contributed by atoms with E-state index in [0.29, 0.717) is 10.0 Å². The summed E-state index contributed by atoms with van der Waals surface area (Å²) in [4.78, 5) is 0. The Labute approximate surface area is 130 Å². The molecular formula is C14H12BrCl2NO. The second-order valence-corrected chi connectivity index (χ2v) is 5.77. The first kappa shape index (κ1) is 14.7. The average Bonchev–Trinajstić information content (AvgIpc) is 2.41. The zero-order chi connectivity index (χ0) is 14.0. The van der Waals surface area contributed by atoms with Crippen LogP contribution < -0.4 is 10.5 Å². The molecule has 100 valence electrons. The Kier molecular flexibility index (Phi) is 4.74. The van der Waals surface area contributed by atoms with Crippen molar-refractivity contribution >= 4 is 39.1 Å². The molecular weight excluding hydrogens is 349 g/mol. The topological polar surface area (TPSA) is 35.2 Å². The lowest BCUT2D eigenvalue weighted by Gasteiger charge is -2.17. The summed E-state index contributed by atoms with van der Waals surface area (Å²) in [5.41, 5.74) is 8.04. The molecule has 0 radical (unpaired) electrons. The summed E-state index contributed by atoms with van der Waals surface area (Å²) in [7, 11) is 1.62. The van der Waals surface area contributed by atoms with Gasteiger partial charge < -0.3 is 10.5 Å². The zero-order valence-corrected chi connectivity index (χ0v) is 13.3. The quantitative estimate of drug-likeness (QED) is 0.852. The maximum absolute atomic E-state index is 6.26. The molecule has 0 saturated carbocycles. The van der Waals surface area contributed by atoms with Gasteiger partial charge in [0.15, 0.2) is 0 Å². The lowest BCUT2D eigenvalue weighted by Crippen LogP contribution is -2.13. The lowest BCUT2D eigenvalue weighted by atomic mass is 9.99. The summed E-state index contributed by atoms with van der Waals surface area (Å²) in [6.45, 7) is 0. The second-order valence-electron chi connectivity index (χ2n) is 4.04. The van der Waals surface area contributed by atoms with Gasteiger partial charge in [0.05, 0.1) is 23.2 Å². The fourth-order valence-corrected chi connectivity index (χ4v) is 2.47. The van der Waals surface area contributed by atoms with E-state index in [9.17, 15) is 0 Å². The van der Waals surface area contributed by atoms with Gasteiger partial charge in [-0.2, -0.15) is 0 Å². The molecule has 0 spiro atoms. The van der Waals surface area contributed by atoms with Crippen molar-refractivity contribution in [3.05, 3.63) is 62.0 Å². The molecule has 2 N–H and O–H groups in total. The van der Waals surface area contributed by atoms with Crippen LogP contribution in [0, 0.1) is 0 Å². The first-order valence-electron chi connectivity index (χ1n) is 5.57. The smallest absolute Gasteiger partial charge is 0.125 e. The minimum atomic E-state index is -0.321. The fourth-order valence-electron chi connectivity index (χ4n) is 1.83. The van der Waals surface area contributed by atoms with Crippen LogP contribution >= 0.6 is 39.1 Å². The monoisotopic (exact) mass is 359 g/mol. The van der Waals surface area contributed by atoms with Gasteiger partial charge >= 0.3 is 0 Å². The lowest BCUT2D eigenvalue weighted by molar-refractivity contribution is 0.407. The van der Waals surface area contributed by atoms with Gasteiger partial charge in [0.25, 0.3) is 0 Å². The molecule has 2 nitrogen and oxygen atoms in total. The molecule has 0 aliphatic carbocycles. The van der Waals surface area contributed by atoms with E-state index in [0.717, 1.165) is 21.3 Å². The van der Waals surface area contributed by atoms with Crippen LogP contribution in [0.4, 0.5) is 0 Å². The maximum atomic E-state index is 6.26. The van der Waals surface area contributed by atoms with Crippen molar-refractivity contribution in [2.24, 2.45) is 5.73 Å². The number of benzene rings is 2. The number of hydrogen-bond donors (Lipinski definition) is 1. The highest BCUT2D eigenvalue weighted by Crippen LogP contribution is 2.33. The van der Waals surface area contributed by atoms with E-state index < -0.39 is 0 Å². The molecule has 2 aromatic rings. The molecule has 0 saturated heterocycles. The molecule has 0 aromatic heterocycles. The van der Waals surface area contributed by atoms with Crippen molar-refractivity contribution < 1.29 is 4.74 Å². The van der Waals surface area contributed by atoms with E-state index in [1.807, 2.05) is 24.3 Å². The van der Waals surface area contributed by atoms with Crippen LogP contribution in [0.3, 0.4) is 0 Å². The number of ether oxygens (including phenoxy) is 1. The first-order valence-corrected chi connectivity index (χ1v) is 7.11. The third kappa shape index (κ3) is 3.23. The standard InChI is InChI=1S/C14H12BrCl2NO/c1-19-13-7-9(15)3-4-10(13)14(18)8-2-5-11(16)12(17)6-8/h2-7,14H,18H2,1H3. The maximum Gasteiger partial charge on any atom is 0.125 e. The van der Waals surface area contributed by atoms with Crippen molar-refractivity contribution in [1.82, 2.24) is 0 Å². The van der Waals surface area contributed by atoms with E-state index in [1.165, 1.54) is 0 Å². The molecule has 0 amide bonds. The molecule has 0 fully saturated rings. The van der Waals surface area contributed by atoms with Gasteiger partial charge in [-0.3, -0.25) is 0 Å². The van der Waals surface area contributed by atoms with Gasteiger partial charge in [-0.15, -0.1) is 0 Å². The Morgan fingerprint density at radius 3 is 2.47 bits per heavy atom. The number of halogens is 3. The minimum Gasteiger partial charge on any atom is -0.496 e. The SMILES string of the molecule is COc1cc(Br)ccc1C(N)c1ccc(Cl)c(Cl)c1. The Morgan fingerprint density at radius 2 is 1.84 bits per heavy atom. The molecule has 0 aliphatic rings. The molecule has 0 heterocycles. The molecule has 0 bridgehead atoms. The molecule has 2 aromatic carbocycles. The van der Waals surface area contributed by atoms with Crippen LogP contribution in [0.2, 0.25) is 10.0 Å². The van der Waals surface area contributed by atoms with Crippen molar-refractivity contribution in [2.45, 2.75) is 6.04 Å². The van der Waals surface area contributed by atoms with Gasteiger partial charge in [0.2, 0.25) is 0 Å². The van der Waals surface area contributed by atoms with Crippen LogP contribution in [0.25, 0.3) is 0 Å². The third-order valence-electron chi connectivity index (χ3n) is 2.83. The molecule has 5 heteroatoms. The molecule has 1 unspecified atom stereocenters. The highest BCUT2D eigenvalue weighted by molar-refractivity contribution is 9.10. The Morgan fingerprint density at radius 1 is 1.11 bits per heavy atom. The Balaban J connectivity index is 2.43. The Bertz CT molecular complexity index is 604. The molecule has 19 heavy (non-hydrogen) atoms. The summed E-state index contributed by atoms with van der Waals surface area (Å²) < 4.78 is 6.29. The average molecular weight is 361 g/mol. The van der Waals surface area contributed by atoms with Crippen molar-refractivity contribution in [1.29, 1.82) is 0 Å². The second kappa shape index (κ2) is 6.14. The van der Waals surface area contributed by atoms with E-state index in [2.05, 4.69) is 15.9 Å². The minimum absolute atomic E-state index is 0.321. The van der Waals surface area contributed by atoms with Gasteiger partial charge in [-0.25, -0.2) is 0 Å². The number of hydrogen-bond acceptors (Lipinski definition) is 2. The zero-order valence-electron chi connectivity index (χ0n) is 10.2. The van der Waals surface area contributed by atoms with Gasteiger partial charge in [0.1, 0.15) is 5.75 Å². The summed E-state index contributed by atoms with van der Waals surface area (Å²) in [5.74, 6) is 0.730. The molecule has 2 rings (SSSR count). The summed E-state index contributed by atoms with van der Waals surface area (Å²) in [6.07, 6.45) is 0. The number of nitrogens with two attached hydrogens (primary N) is 1. The Hall–Kier alpha value is -0.740. The van der Waals surface area contributed by atoms with Crippen molar-refractivity contribution in [3.63, 3.8) is 0 Å². The van der Waals surface area contributed by atoms with Crippen molar-refractivity contribution in [3.8, 4) is 5.75 Å². The van der Waals surface area contributed by atoms with Gasteiger partial charge in [-0.1, -0.05) is 51.3 Å². The van der Waals surface area contributed by atoms with Crippen LogP contribution in [-0.2, 0) is 0 Å². The van der Waals surface area contributed by atoms with Gasteiger partial charge in [0, 0.05) is 10.0 Å². The van der Waals surface area contributed by atoms with Crippen LogP contribution in [0.1, 0.15) is 17.2 Å². The number of rotatable bonds is 3. The summed E-state index contributed by atoms with van der Waals surface area (Å²) in [6, 6.07) is 10.8. The van der Waals surface area contributed by atoms with E-state index in [-0.39, 0.29) is 6.04 Å². The predicted octanol–water partition coefficient (Wildman–Crippen LogP) is 4.81. The van der Waals surface area contributed by atoms with E-state index in [4.69, 9.17) is 33.7 Å². The van der Waals surface area contributed by atoms with Crippen LogP contribution in [-0.4, -0.2) is 7.11 Å². The van der Waals surface area contributed by atoms with Crippen LogP contribution in [0.15, 0.2) is 40.9 Å².